The lowest BCUT2D eigenvalue weighted by Gasteiger charge is -2.18. The van der Waals surface area contributed by atoms with Gasteiger partial charge in [0.1, 0.15) is 12.2 Å². The Bertz CT molecular complexity index is 647. The smallest absolute Gasteiger partial charge is 0.220 e. The van der Waals surface area contributed by atoms with Gasteiger partial charge in [-0.05, 0) is 32.1 Å². The molecule has 0 aliphatic heterocycles. The summed E-state index contributed by atoms with van der Waals surface area (Å²) in [4.78, 5) is 20.7. The molecule has 0 radical (unpaired) electrons. The lowest BCUT2D eigenvalue weighted by Crippen LogP contribution is -2.32. The molecule has 0 spiro atoms. The molecule has 3 N–H and O–H groups in total. The van der Waals surface area contributed by atoms with Crippen LogP contribution in [-0.4, -0.2) is 25.7 Å². The van der Waals surface area contributed by atoms with E-state index in [0.717, 1.165) is 30.9 Å². The third-order valence-corrected chi connectivity index (χ3v) is 4.53. The monoisotopic (exact) mass is 320 g/mol. The largest absolute Gasteiger partial charge is 0.375 e. The van der Waals surface area contributed by atoms with Gasteiger partial charge in [0.2, 0.25) is 5.91 Å². The van der Waals surface area contributed by atoms with E-state index < -0.39 is 0 Å². The van der Waals surface area contributed by atoms with Crippen molar-refractivity contribution in [3.8, 4) is 0 Å². The molecule has 1 fully saturated rings. The normalized spacial score (nSPS) is 15.7. The number of rotatable bonds is 7. The van der Waals surface area contributed by atoms with E-state index in [-0.39, 0.29) is 11.9 Å². The van der Waals surface area contributed by atoms with E-state index in [1.807, 2.05) is 17.0 Å². The predicted octanol–water partition coefficient (Wildman–Crippen LogP) is 1.54. The Labute approximate surface area is 133 Å². The third kappa shape index (κ3) is 3.44. The molecule has 0 bridgehead atoms. The minimum absolute atomic E-state index is 0.0223. The van der Waals surface area contributed by atoms with Crippen LogP contribution in [0.1, 0.15) is 43.7 Å². The van der Waals surface area contributed by atoms with Crippen molar-refractivity contribution in [3.63, 3.8) is 0 Å². The second-order valence-corrected chi connectivity index (χ2v) is 6.38. The molecule has 2 heterocycles. The molecule has 0 aromatic carbocycles. The van der Waals surface area contributed by atoms with E-state index >= 15 is 0 Å². The molecule has 1 unspecified atom stereocenters. The van der Waals surface area contributed by atoms with E-state index in [0.29, 0.717) is 23.9 Å². The average molecular weight is 320 g/mol. The summed E-state index contributed by atoms with van der Waals surface area (Å²) in [5.74, 6) is 1.36. The quantitative estimate of drug-likeness (QED) is 0.806. The maximum absolute atomic E-state index is 12.2. The van der Waals surface area contributed by atoms with E-state index in [1.165, 1.54) is 11.3 Å². The number of thiazole rings is 1. The molecule has 8 heteroatoms. The highest BCUT2D eigenvalue weighted by Crippen LogP contribution is 2.40. The van der Waals surface area contributed by atoms with Gasteiger partial charge >= 0.3 is 0 Å². The number of carbonyl (C=O) groups is 1. The van der Waals surface area contributed by atoms with Crippen LogP contribution in [0.25, 0.3) is 0 Å². The van der Waals surface area contributed by atoms with Crippen LogP contribution in [0, 0.1) is 5.92 Å². The molecule has 2 aromatic heterocycles. The fraction of sp³-hybridized carbons (Fsp3) is 0.571. The molecular weight excluding hydrogens is 300 g/mol. The number of anilines is 1. The summed E-state index contributed by atoms with van der Waals surface area (Å²) in [5.41, 5.74) is 6.47. The Morgan fingerprint density at radius 3 is 3.05 bits per heavy atom. The number of aryl methyl sites for hydroxylation is 2. The molecule has 1 saturated carbocycles. The highest BCUT2D eigenvalue weighted by atomic mass is 32.1. The third-order valence-electron chi connectivity index (χ3n) is 3.81. The Hall–Kier alpha value is -1.96. The molecule has 1 atom stereocenters. The van der Waals surface area contributed by atoms with E-state index in [1.54, 1.807) is 6.33 Å². The molecule has 2 aromatic rings. The van der Waals surface area contributed by atoms with Crippen molar-refractivity contribution in [1.82, 2.24) is 25.1 Å². The summed E-state index contributed by atoms with van der Waals surface area (Å²) >= 11 is 1.40. The van der Waals surface area contributed by atoms with Crippen LogP contribution in [0.4, 0.5) is 5.13 Å². The number of amides is 1. The Kier molecular flexibility index (Phi) is 4.37. The first-order chi connectivity index (χ1) is 10.7. The van der Waals surface area contributed by atoms with Gasteiger partial charge in [-0.25, -0.2) is 14.6 Å². The second-order valence-electron chi connectivity index (χ2n) is 5.49. The molecule has 1 amide bonds. The van der Waals surface area contributed by atoms with Crippen molar-refractivity contribution < 1.29 is 4.79 Å². The molecule has 3 rings (SSSR count). The lowest BCUT2D eigenvalue weighted by molar-refractivity contribution is -0.122. The SMILES string of the molecule is CCn1ncnc1C(NC(=O)CCc1csc(N)n1)C1CC1. The van der Waals surface area contributed by atoms with Crippen LogP contribution < -0.4 is 11.1 Å². The molecule has 7 nitrogen and oxygen atoms in total. The van der Waals surface area contributed by atoms with Gasteiger partial charge in [-0.15, -0.1) is 11.3 Å². The van der Waals surface area contributed by atoms with Crippen molar-refractivity contribution in [2.75, 3.05) is 5.73 Å². The number of hydrogen-bond donors (Lipinski definition) is 2. The number of nitrogens with zero attached hydrogens (tertiary/aromatic N) is 4. The molecule has 22 heavy (non-hydrogen) atoms. The number of nitrogens with two attached hydrogens (primary N) is 1. The first-order valence-electron chi connectivity index (χ1n) is 7.54. The van der Waals surface area contributed by atoms with Crippen molar-refractivity contribution in [3.05, 3.63) is 23.2 Å². The molecule has 1 aliphatic rings. The molecule has 1 aliphatic carbocycles. The van der Waals surface area contributed by atoms with E-state index in [4.69, 9.17) is 5.73 Å². The second kappa shape index (κ2) is 6.43. The van der Waals surface area contributed by atoms with Crippen LogP contribution in [0.2, 0.25) is 0 Å². The summed E-state index contributed by atoms with van der Waals surface area (Å²) < 4.78 is 1.85. The standard InChI is InChI=1S/C14H20N6OS/c1-2-20-13(16-8-17-20)12(9-3-4-9)19-11(21)6-5-10-7-22-14(15)18-10/h7-9,12H,2-6H2,1H3,(H2,15,18)(H,19,21). The van der Waals surface area contributed by atoms with Gasteiger partial charge in [0.15, 0.2) is 5.13 Å². The van der Waals surface area contributed by atoms with Gasteiger partial charge in [-0.2, -0.15) is 5.10 Å². The highest BCUT2D eigenvalue weighted by Gasteiger charge is 2.36. The van der Waals surface area contributed by atoms with E-state index in [2.05, 4.69) is 20.4 Å². The minimum Gasteiger partial charge on any atom is -0.375 e. The van der Waals surface area contributed by atoms with Crippen LogP contribution in [-0.2, 0) is 17.8 Å². The fourth-order valence-corrected chi connectivity index (χ4v) is 3.10. The maximum atomic E-state index is 12.2. The van der Waals surface area contributed by atoms with E-state index in [9.17, 15) is 4.79 Å². The zero-order valence-electron chi connectivity index (χ0n) is 12.5. The topological polar surface area (TPSA) is 98.7 Å². The zero-order chi connectivity index (χ0) is 15.5. The molecular formula is C14H20N6OS. The number of nitrogen functional groups attached to an aromatic ring is 1. The van der Waals surface area contributed by atoms with Gasteiger partial charge in [0, 0.05) is 18.3 Å². The summed E-state index contributed by atoms with van der Waals surface area (Å²) in [6.45, 7) is 2.78. The van der Waals surface area contributed by atoms with Gasteiger partial charge in [-0.1, -0.05) is 0 Å². The van der Waals surface area contributed by atoms with Crippen LogP contribution in [0.5, 0.6) is 0 Å². The molecule has 0 saturated heterocycles. The summed E-state index contributed by atoms with van der Waals surface area (Å²) in [7, 11) is 0. The average Bonchev–Trinajstić information content (AvgIpc) is 3.09. The molecule has 118 valence electrons. The Balaban J connectivity index is 1.60. The van der Waals surface area contributed by atoms with Crippen molar-refractivity contribution in [2.24, 2.45) is 5.92 Å². The highest BCUT2D eigenvalue weighted by molar-refractivity contribution is 7.13. The van der Waals surface area contributed by atoms with Crippen molar-refractivity contribution in [1.29, 1.82) is 0 Å². The number of hydrogen-bond acceptors (Lipinski definition) is 6. The Morgan fingerprint density at radius 1 is 1.59 bits per heavy atom. The van der Waals surface area contributed by atoms with Gasteiger partial charge in [0.25, 0.3) is 0 Å². The van der Waals surface area contributed by atoms with Gasteiger partial charge in [0.05, 0.1) is 11.7 Å². The Morgan fingerprint density at radius 2 is 2.41 bits per heavy atom. The first kappa shape index (κ1) is 15.0. The van der Waals surface area contributed by atoms with Crippen LogP contribution in [0.15, 0.2) is 11.7 Å². The van der Waals surface area contributed by atoms with Crippen molar-refractivity contribution in [2.45, 2.75) is 45.2 Å². The number of carbonyl (C=O) groups excluding carboxylic acids is 1. The zero-order valence-corrected chi connectivity index (χ0v) is 13.3. The summed E-state index contributed by atoms with van der Waals surface area (Å²) in [6.07, 6.45) is 4.83. The lowest BCUT2D eigenvalue weighted by atomic mass is 10.1. The van der Waals surface area contributed by atoms with Gasteiger partial charge in [-0.3, -0.25) is 4.79 Å². The first-order valence-corrected chi connectivity index (χ1v) is 8.42. The van der Waals surface area contributed by atoms with Crippen LogP contribution in [0.3, 0.4) is 0 Å². The maximum Gasteiger partial charge on any atom is 0.220 e. The van der Waals surface area contributed by atoms with Crippen molar-refractivity contribution >= 4 is 22.4 Å². The van der Waals surface area contributed by atoms with Gasteiger partial charge < -0.3 is 11.1 Å². The summed E-state index contributed by atoms with van der Waals surface area (Å²) in [6, 6.07) is -0.0320. The minimum atomic E-state index is -0.0320. The summed E-state index contributed by atoms with van der Waals surface area (Å²) in [5, 5.41) is 9.76. The van der Waals surface area contributed by atoms with Crippen LogP contribution >= 0.6 is 11.3 Å². The number of aromatic nitrogens is 4. The fourth-order valence-electron chi connectivity index (χ4n) is 2.51. The number of nitrogens with one attached hydrogen (secondary N) is 1. The predicted molar refractivity (Wildman–Crippen MR) is 84.2 cm³/mol.